The minimum Gasteiger partial charge on any atom is -0.437 e. The average Bonchev–Trinajstić information content (AvgIpc) is 2.92. The lowest BCUT2D eigenvalue weighted by molar-refractivity contribution is -0.119. The monoisotopic (exact) mass is 392 g/mol. The van der Waals surface area contributed by atoms with E-state index < -0.39 is 5.92 Å². The molecular weight excluding hydrogens is 374 g/mol. The molecule has 0 aliphatic heterocycles. The highest BCUT2D eigenvalue weighted by molar-refractivity contribution is 6.33. The highest BCUT2D eigenvalue weighted by atomic mass is 35.5. The number of nitrogens with zero attached hydrogens (tertiary/aromatic N) is 1. The summed E-state index contributed by atoms with van der Waals surface area (Å²) in [5.74, 6) is -2.31. The number of amides is 1. The fourth-order valence-electron chi connectivity index (χ4n) is 2.97. The van der Waals surface area contributed by atoms with E-state index in [0.29, 0.717) is 17.2 Å². The Morgan fingerprint density at radius 3 is 2.81 bits per heavy atom. The van der Waals surface area contributed by atoms with E-state index in [0.717, 1.165) is 5.56 Å². The summed E-state index contributed by atoms with van der Waals surface area (Å²) in [6.45, 7) is 3.32. The van der Waals surface area contributed by atoms with Crippen LogP contribution in [0.4, 0.5) is 8.78 Å². The molecule has 1 aromatic carbocycles. The summed E-state index contributed by atoms with van der Waals surface area (Å²) in [4.78, 5) is 15.2. The Kier molecular flexibility index (Phi) is 5.46. The molecule has 0 radical (unpaired) electrons. The molecule has 0 spiro atoms. The maximum Gasteiger partial charge on any atom is 0.273 e. The third kappa shape index (κ3) is 4.45. The van der Waals surface area contributed by atoms with E-state index in [1.54, 1.807) is 18.3 Å². The number of halogens is 3. The first-order valence-corrected chi connectivity index (χ1v) is 8.93. The van der Waals surface area contributed by atoms with Gasteiger partial charge >= 0.3 is 0 Å². The molecule has 1 atom stereocenters. The van der Waals surface area contributed by atoms with Crippen molar-refractivity contribution in [2.45, 2.75) is 38.7 Å². The van der Waals surface area contributed by atoms with Gasteiger partial charge in [0.1, 0.15) is 5.75 Å². The summed E-state index contributed by atoms with van der Waals surface area (Å²) in [6, 6.07) is 6.19. The minimum absolute atomic E-state index is 0.0263. The molecule has 1 amide bonds. The van der Waals surface area contributed by atoms with Crippen LogP contribution in [0.3, 0.4) is 0 Å². The maximum atomic E-state index is 13.8. The normalized spacial score (nSPS) is 16.2. The van der Waals surface area contributed by atoms with Crippen LogP contribution in [0.1, 0.15) is 37.0 Å². The quantitative estimate of drug-likeness (QED) is 0.769. The second-order valence-electron chi connectivity index (χ2n) is 6.49. The summed E-state index contributed by atoms with van der Waals surface area (Å²) >= 11 is 6.26. The van der Waals surface area contributed by atoms with Crippen LogP contribution in [-0.2, 0) is 17.1 Å². The van der Waals surface area contributed by atoms with Gasteiger partial charge in [-0.2, -0.15) is 0 Å². The van der Waals surface area contributed by atoms with Crippen LogP contribution in [0.25, 0.3) is 6.08 Å². The number of nitrogens with one attached hydrogen (secondary N) is 1. The molecule has 1 aliphatic carbocycles. The van der Waals surface area contributed by atoms with Gasteiger partial charge in [0.25, 0.3) is 5.92 Å². The highest BCUT2D eigenvalue weighted by Crippen LogP contribution is 2.47. The van der Waals surface area contributed by atoms with Crippen molar-refractivity contribution in [3.8, 4) is 11.6 Å². The Labute approximate surface area is 161 Å². The van der Waals surface area contributed by atoms with Crippen molar-refractivity contribution in [2.75, 3.05) is 0 Å². The zero-order valence-corrected chi connectivity index (χ0v) is 15.7. The van der Waals surface area contributed by atoms with Gasteiger partial charge < -0.3 is 10.1 Å². The third-order valence-electron chi connectivity index (χ3n) is 4.27. The second-order valence-corrected chi connectivity index (χ2v) is 6.87. The molecule has 2 aromatic rings. The molecule has 1 N–H and O–H groups in total. The lowest BCUT2D eigenvalue weighted by atomic mass is 10.1. The van der Waals surface area contributed by atoms with Crippen LogP contribution < -0.4 is 10.1 Å². The van der Waals surface area contributed by atoms with Crippen LogP contribution in [0.15, 0.2) is 36.5 Å². The Morgan fingerprint density at radius 1 is 1.37 bits per heavy atom. The zero-order valence-electron chi connectivity index (χ0n) is 14.9. The molecule has 1 heterocycles. The third-order valence-corrected chi connectivity index (χ3v) is 4.69. The van der Waals surface area contributed by atoms with Gasteiger partial charge in [-0.05, 0) is 42.7 Å². The average molecular weight is 393 g/mol. The second kappa shape index (κ2) is 7.64. The van der Waals surface area contributed by atoms with Crippen LogP contribution >= 0.6 is 11.6 Å². The van der Waals surface area contributed by atoms with E-state index in [9.17, 15) is 13.6 Å². The molecule has 0 saturated heterocycles. The van der Waals surface area contributed by atoms with E-state index in [1.165, 1.54) is 19.1 Å². The van der Waals surface area contributed by atoms with Gasteiger partial charge in [0, 0.05) is 37.2 Å². The predicted octanol–water partition coefficient (Wildman–Crippen LogP) is 5.10. The van der Waals surface area contributed by atoms with Gasteiger partial charge in [0.05, 0.1) is 5.02 Å². The summed E-state index contributed by atoms with van der Waals surface area (Å²) in [5.41, 5.74) is 1.24. The first-order valence-electron chi connectivity index (χ1n) is 8.55. The fraction of sp³-hybridized carbons (Fsp3) is 0.300. The van der Waals surface area contributed by atoms with E-state index in [2.05, 4.69) is 10.3 Å². The summed E-state index contributed by atoms with van der Waals surface area (Å²) in [7, 11) is 0. The number of ether oxygens (including phenoxy) is 1. The maximum absolute atomic E-state index is 13.8. The number of pyridine rings is 1. The van der Waals surface area contributed by atoms with Crippen LogP contribution in [-0.4, -0.2) is 16.9 Å². The molecule has 1 aromatic heterocycles. The van der Waals surface area contributed by atoms with Gasteiger partial charge in [0.2, 0.25) is 11.8 Å². The number of rotatable bonds is 5. The molecule has 0 fully saturated rings. The van der Waals surface area contributed by atoms with E-state index in [1.807, 2.05) is 19.1 Å². The summed E-state index contributed by atoms with van der Waals surface area (Å²) in [5, 5.41) is 2.96. The van der Waals surface area contributed by atoms with Gasteiger partial charge in [-0.25, -0.2) is 13.8 Å². The lowest BCUT2D eigenvalue weighted by Gasteiger charge is -2.13. The van der Waals surface area contributed by atoms with Gasteiger partial charge in [-0.15, -0.1) is 0 Å². The van der Waals surface area contributed by atoms with Gasteiger partial charge in [0.15, 0.2) is 0 Å². The Balaban J connectivity index is 1.71. The number of fused-ring (bicyclic) bond motifs is 1. The van der Waals surface area contributed by atoms with Crippen molar-refractivity contribution in [1.82, 2.24) is 10.3 Å². The first kappa shape index (κ1) is 19.3. The highest BCUT2D eigenvalue weighted by Gasteiger charge is 2.40. The van der Waals surface area contributed by atoms with E-state index in [-0.39, 0.29) is 35.4 Å². The number of carbonyl (C=O) groups excluding carboxylic acids is 1. The fourth-order valence-corrected chi connectivity index (χ4v) is 3.27. The molecule has 142 valence electrons. The molecule has 1 aliphatic rings. The van der Waals surface area contributed by atoms with Gasteiger partial charge in [-0.1, -0.05) is 23.8 Å². The number of benzene rings is 1. The van der Waals surface area contributed by atoms with Crippen LogP contribution in [0, 0.1) is 0 Å². The van der Waals surface area contributed by atoms with Crippen LogP contribution in [0.2, 0.25) is 5.02 Å². The molecule has 3 rings (SSSR count). The molecule has 0 bridgehead atoms. The SMILES string of the molecule is CC(=O)N[C@@H](C)/C=C/c1ccc(Oc2ccc3c(c2Cl)CCC3(F)F)nc1. The van der Waals surface area contributed by atoms with Gasteiger partial charge in [-0.3, -0.25) is 4.79 Å². The first-order chi connectivity index (χ1) is 12.8. The lowest BCUT2D eigenvalue weighted by Crippen LogP contribution is -2.28. The predicted molar refractivity (Wildman–Crippen MR) is 100 cm³/mol. The van der Waals surface area contributed by atoms with Crippen molar-refractivity contribution in [1.29, 1.82) is 0 Å². The Morgan fingerprint density at radius 2 is 2.15 bits per heavy atom. The van der Waals surface area contributed by atoms with Crippen molar-refractivity contribution in [3.63, 3.8) is 0 Å². The van der Waals surface area contributed by atoms with Crippen molar-refractivity contribution < 1.29 is 18.3 Å². The Bertz CT molecular complexity index is 882. The number of alkyl halides is 2. The molecule has 0 saturated carbocycles. The zero-order chi connectivity index (χ0) is 19.6. The number of carbonyl (C=O) groups is 1. The van der Waals surface area contributed by atoms with E-state index in [4.69, 9.17) is 16.3 Å². The number of hydrogen-bond donors (Lipinski definition) is 1. The van der Waals surface area contributed by atoms with E-state index >= 15 is 0 Å². The standard InChI is InChI=1S/C20H19ClF2N2O2/c1-12(25-13(2)26)3-4-14-5-8-18(24-11-14)27-17-7-6-16-15(19(17)21)9-10-20(16,22)23/h3-8,11-12H,9-10H2,1-2H3,(H,25,26)/b4-3+/t12-/m0/s1. The van der Waals surface area contributed by atoms with Crippen molar-refractivity contribution in [2.24, 2.45) is 0 Å². The molecular formula is C20H19ClF2N2O2. The Hall–Kier alpha value is -2.47. The largest absolute Gasteiger partial charge is 0.437 e. The molecule has 0 unspecified atom stereocenters. The smallest absolute Gasteiger partial charge is 0.273 e. The molecule has 27 heavy (non-hydrogen) atoms. The minimum atomic E-state index is -2.84. The summed E-state index contributed by atoms with van der Waals surface area (Å²) in [6.07, 6.45) is 5.28. The number of aromatic nitrogens is 1. The van der Waals surface area contributed by atoms with Crippen molar-refractivity contribution in [3.05, 3.63) is 58.3 Å². The summed E-state index contributed by atoms with van der Waals surface area (Å²) < 4.78 is 33.2. The molecule has 7 heteroatoms. The molecule has 4 nitrogen and oxygen atoms in total. The number of hydrogen-bond acceptors (Lipinski definition) is 3. The van der Waals surface area contributed by atoms with Crippen LogP contribution in [0.5, 0.6) is 11.6 Å². The van der Waals surface area contributed by atoms with Crippen molar-refractivity contribution >= 4 is 23.6 Å². The topological polar surface area (TPSA) is 51.2 Å².